The van der Waals surface area contributed by atoms with Gasteiger partial charge in [-0.15, -0.1) is 22.9 Å². The summed E-state index contributed by atoms with van der Waals surface area (Å²) in [4.78, 5) is 1.03. The second kappa shape index (κ2) is 4.93. The maximum Gasteiger partial charge on any atom is 0.159 e. The maximum atomic E-state index is 13.0. The Bertz CT molecular complexity index is 468. The van der Waals surface area contributed by atoms with Crippen molar-refractivity contribution >= 4 is 22.9 Å². The van der Waals surface area contributed by atoms with Gasteiger partial charge >= 0.3 is 0 Å². The Labute approximate surface area is 101 Å². The van der Waals surface area contributed by atoms with Crippen LogP contribution in [0.1, 0.15) is 15.8 Å². The SMILES string of the molecule is Fc1ccc(CC(Cl)c2cccs2)cc1F. The van der Waals surface area contributed by atoms with E-state index < -0.39 is 11.6 Å². The van der Waals surface area contributed by atoms with E-state index in [1.165, 1.54) is 6.07 Å². The zero-order chi connectivity index (χ0) is 11.5. The molecular formula is C12H9ClF2S. The molecule has 0 bridgehead atoms. The van der Waals surface area contributed by atoms with Gasteiger partial charge in [0.25, 0.3) is 0 Å². The smallest absolute Gasteiger partial charge is 0.159 e. The molecule has 84 valence electrons. The minimum atomic E-state index is -0.828. The Hall–Kier alpha value is -0.930. The molecule has 4 heteroatoms. The molecule has 0 aliphatic carbocycles. The first kappa shape index (κ1) is 11.6. The number of hydrogen-bond donors (Lipinski definition) is 0. The van der Waals surface area contributed by atoms with Gasteiger partial charge in [-0.2, -0.15) is 0 Å². The Morgan fingerprint density at radius 3 is 2.62 bits per heavy atom. The summed E-state index contributed by atoms with van der Waals surface area (Å²) in [5.74, 6) is -1.65. The van der Waals surface area contributed by atoms with Crippen LogP contribution in [0.4, 0.5) is 8.78 Å². The van der Waals surface area contributed by atoms with Crippen LogP contribution in [0, 0.1) is 11.6 Å². The first-order valence-electron chi connectivity index (χ1n) is 4.78. The second-order valence-electron chi connectivity index (χ2n) is 3.44. The Balaban J connectivity index is 2.12. The average molecular weight is 259 g/mol. The van der Waals surface area contributed by atoms with Crippen molar-refractivity contribution in [3.8, 4) is 0 Å². The van der Waals surface area contributed by atoms with E-state index in [-0.39, 0.29) is 5.38 Å². The van der Waals surface area contributed by atoms with Gasteiger partial charge in [0.1, 0.15) is 0 Å². The van der Waals surface area contributed by atoms with Crippen LogP contribution in [0.2, 0.25) is 0 Å². The van der Waals surface area contributed by atoms with E-state index in [4.69, 9.17) is 11.6 Å². The van der Waals surface area contributed by atoms with Crippen molar-refractivity contribution in [3.05, 3.63) is 57.8 Å². The summed E-state index contributed by atoms with van der Waals surface area (Å²) >= 11 is 7.73. The van der Waals surface area contributed by atoms with E-state index in [2.05, 4.69) is 0 Å². The molecule has 0 fully saturated rings. The van der Waals surface area contributed by atoms with E-state index in [1.54, 1.807) is 17.4 Å². The van der Waals surface area contributed by atoms with Crippen LogP contribution in [0.15, 0.2) is 35.7 Å². The van der Waals surface area contributed by atoms with Crippen LogP contribution in [0.5, 0.6) is 0 Å². The van der Waals surface area contributed by atoms with Crippen molar-refractivity contribution in [1.29, 1.82) is 0 Å². The van der Waals surface area contributed by atoms with Crippen LogP contribution < -0.4 is 0 Å². The quantitative estimate of drug-likeness (QED) is 0.709. The summed E-state index contributed by atoms with van der Waals surface area (Å²) in [7, 11) is 0. The fourth-order valence-electron chi connectivity index (χ4n) is 1.44. The van der Waals surface area contributed by atoms with Gasteiger partial charge in [0.05, 0.1) is 5.38 Å². The summed E-state index contributed by atoms with van der Waals surface area (Å²) in [6, 6.07) is 7.73. The number of halogens is 3. The number of hydrogen-bond acceptors (Lipinski definition) is 1. The molecule has 1 aromatic carbocycles. The van der Waals surface area contributed by atoms with Gasteiger partial charge in [-0.1, -0.05) is 12.1 Å². The lowest BCUT2D eigenvalue weighted by molar-refractivity contribution is 0.507. The van der Waals surface area contributed by atoms with Crippen LogP contribution in [-0.4, -0.2) is 0 Å². The number of benzene rings is 1. The number of thiophene rings is 1. The lowest BCUT2D eigenvalue weighted by Crippen LogP contribution is -1.95. The second-order valence-corrected chi connectivity index (χ2v) is 4.94. The van der Waals surface area contributed by atoms with Crippen molar-refractivity contribution in [2.75, 3.05) is 0 Å². The highest BCUT2D eigenvalue weighted by Crippen LogP contribution is 2.28. The molecular weight excluding hydrogens is 250 g/mol. The molecule has 2 aromatic rings. The van der Waals surface area contributed by atoms with Gasteiger partial charge < -0.3 is 0 Å². The average Bonchev–Trinajstić information content (AvgIpc) is 2.77. The van der Waals surface area contributed by atoms with Crippen LogP contribution in [0.25, 0.3) is 0 Å². The topological polar surface area (TPSA) is 0 Å². The third-order valence-electron chi connectivity index (χ3n) is 2.25. The molecule has 0 N–H and O–H groups in total. The van der Waals surface area contributed by atoms with Gasteiger partial charge in [-0.25, -0.2) is 8.78 Å². The van der Waals surface area contributed by atoms with E-state index in [0.29, 0.717) is 12.0 Å². The van der Waals surface area contributed by atoms with Crippen LogP contribution in [-0.2, 0) is 6.42 Å². The molecule has 0 nitrogen and oxygen atoms in total. The Morgan fingerprint density at radius 2 is 2.00 bits per heavy atom. The van der Waals surface area contributed by atoms with E-state index in [9.17, 15) is 8.78 Å². The molecule has 0 spiro atoms. The van der Waals surface area contributed by atoms with Crippen LogP contribution >= 0.6 is 22.9 Å². The first-order chi connectivity index (χ1) is 7.66. The van der Waals surface area contributed by atoms with Crippen molar-refractivity contribution in [1.82, 2.24) is 0 Å². The summed E-state index contributed by atoms with van der Waals surface area (Å²) < 4.78 is 25.7. The Kier molecular flexibility index (Phi) is 3.56. The van der Waals surface area contributed by atoms with Gasteiger partial charge in [-0.3, -0.25) is 0 Å². The largest absolute Gasteiger partial charge is 0.204 e. The van der Waals surface area contributed by atoms with Crippen molar-refractivity contribution in [3.63, 3.8) is 0 Å². The fourth-order valence-corrected chi connectivity index (χ4v) is 2.55. The summed E-state index contributed by atoms with van der Waals surface area (Å²) in [6.45, 7) is 0. The zero-order valence-corrected chi connectivity index (χ0v) is 9.86. The molecule has 1 atom stereocenters. The minimum absolute atomic E-state index is 0.190. The highest BCUT2D eigenvalue weighted by Gasteiger charge is 2.11. The van der Waals surface area contributed by atoms with Crippen molar-refractivity contribution in [2.24, 2.45) is 0 Å². The van der Waals surface area contributed by atoms with E-state index in [0.717, 1.165) is 10.9 Å². The third-order valence-corrected chi connectivity index (χ3v) is 3.76. The Morgan fingerprint density at radius 1 is 1.19 bits per heavy atom. The predicted molar refractivity (Wildman–Crippen MR) is 63.0 cm³/mol. The molecule has 0 saturated carbocycles. The predicted octanol–water partition coefficient (Wildman–Crippen LogP) is 4.55. The molecule has 16 heavy (non-hydrogen) atoms. The van der Waals surface area contributed by atoms with Gasteiger partial charge in [-0.05, 0) is 35.6 Å². The normalized spacial score (nSPS) is 12.7. The first-order valence-corrected chi connectivity index (χ1v) is 6.10. The van der Waals surface area contributed by atoms with Crippen molar-refractivity contribution < 1.29 is 8.78 Å². The molecule has 0 aliphatic heterocycles. The lowest BCUT2D eigenvalue weighted by Gasteiger charge is -2.07. The molecule has 2 rings (SSSR count). The zero-order valence-electron chi connectivity index (χ0n) is 8.29. The number of alkyl halides is 1. The monoisotopic (exact) mass is 258 g/mol. The fraction of sp³-hybridized carbons (Fsp3) is 0.167. The molecule has 0 radical (unpaired) electrons. The van der Waals surface area contributed by atoms with Crippen molar-refractivity contribution in [2.45, 2.75) is 11.8 Å². The summed E-state index contributed by atoms with van der Waals surface area (Å²) in [5, 5.41) is 1.75. The molecule has 0 aliphatic rings. The highest BCUT2D eigenvalue weighted by atomic mass is 35.5. The standard InChI is InChI=1S/C12H9ClF2S/c13-9(12-2-1-5-16-12)6-8-3-4-10(14)11(15)7-8/h1-5,7,9H,6H2. The molecule has 0 saturated heterocycles. The highest BCUT2D eigenvalue weighted by molar-refractivity contribution is 7.10. The lowest BCUT2D eigenvalue weighted by atomic mass is 10.1. The van der Waals surface area contributed by atoms with Gasteiger partial charge in [0.2, 0.25) is 0 Å². The third kappa shape index (κ3) is 2.60. The molecule has 0 amide bonds. The van der Waals surface area contributed by atoms with Gasteiger partial charge in [0.15, 0.2) is 11.6 Å². The summed E-state index contributed by atoms with van der Waals surface area (Å²) in [6.07, 6.45) is 0.499. The summed E-state index contributed by atoms with van der Waals surface area (Å²) in [5.41, 5.74) is 0.701. The van der Waals surface area contributed by atoms with E-state index >= 15 is 0 Å². The van der Waals surface area contributed by atoms with Gasteiger partial charge in [0, 0.05) is 4.88 Å². The molecule has 1 heterocycles. The molecule has 1 aromatic heterocycles. The van der Waals surface area contributed by atoms with E-state index in [1.807, 2.05) is 17.5 Å². The molecule has 1 unspecified atom stereocenters. The number of rotatable bonds is 3. The minimum Gasteiger partial charge on any atom is -0.204 e. The van der Waals surface area contributed by atoms with Crippen LogP contribution in [0.3, 0.4) is 0 Å². The maximum absolute atomic E-state index is 13.0.